The molecule has 6 nitrogen and oxygen atoms in total. The Morgan fingerprint density at radius 3 is 2.60 bits per heavy atom. The fourth-order valence-electron chi connectivity index (χ4n) is 2.82. The number of nitrogens with one attached hydrogen (secondary N) is 1. The van der Waals surface area contributed by atoms with Crippen molar-refractivity contribution in [2.75, 3.05) is 7.05 Å². The van der Waals surface area contributed by atoms with Crippen molar-refractivity contribution in [3.05, 3.63) is 46.5 Å². The molecule has 0 spiro atoms. The van der Waals surface area contributed by atoms with Crippen LogP contribution < -0.4 is 4.74 Å². The summed E-state index contributed by atoms with van der Waals surface area (Å²) in [6.07, 6.45) is -0.196. The first-order chi connectivity index (χ1) is 11.7. The average molecular weight is 349 g/mol. The van der Waals surface area contributed by atoms with Gasteiger partial charge >= 0.3 is 5.97 Å². The normalized spacial score (nSPS) is 12.6. The molecule has 1 atom stereocenters. The molecular weight excluding hydrogens is 325 g/mol. The number of aromatic nitrogens is 2. The van der Waals surface area contributed by atoms with Crippen LogP contribution in [0.15, 0.2) is 18.2 Å². The Morgan fingerprint density at radius 1 is 1.40 bits per heavy atom. The highest BCUT2D eigenvalue weighted by Gasteiger charge is 2.31. The molecule has 2 aromatic rings. The Hall–Kier alpha value is -2.41. The highest BCUT2D eigenvalue weighted by Crippen LogP contribution is 2.33. The van der Waals surface area contributed by atoms with Gasteiger partial charge in [0, 0.05) is 17.8 Å². The number of halogens is 1. The predicted molar refractivity (Wildman–Crippen MR) is 92.1 cm³/mol. The molecular formula is C18H24FN3O3. The summed E-state index contributed by atoms with van der Waals surface area (Å²) in [5.41, 5.74) is 2.59. The minimum Gasteiger partial charge on any atom is -0.491 e. The van der Waals surface area contributed by atoms with Gasteiger partial charge < -0.3 is 9.84 Å². The first-order valence-electron chi connectivity index (χ1n) is 8.11. The minimum absolute atomic E-state index is 0.0324. The monoisotopic (exact) mass is 349 g/mol. The van der Waals surface area contributed by atoms with Gasteiger partial charge in [0.25, 0.3) is 0 Å². The molecule has 1 aromatic heterocycles. The van der Waals surface area contributed by atoms with Gasteiger partial charge in [-0.3, -0.25) is 14.8 Å². The SMILES string of the molecule is Cc1n[nH]c(C)c1CN(C)[C@H](C(=O)O)c1c(F)cccc1OC(C)C. The Morgan fingerprint density at radius 2 is 2.08 bits per heavy atom. The second kappa shape index (κ2) is 7.65. The van der Waals surface area contributed by atoms with E-state index in [0.29, 0.717) is 6.54 Å². The van der Waals surface area contributed by atoms with Gasteiger partial charge in [-0.1, -0.05) is 6.07 Å². The largest absolute Gasteiger partial charge is 0.491 e. The molecule has 0 bridgehead atoms. The van der Waals surface area contributed by atoms with Gasteiger partial charge in [-0.25, -0.2) is 4.39 Å². The molecule has 7 heteroatoms. The van der Waals surface area contributed by atoms with Crippen LogP contribution in [0.4, 0.5) is 4.39 Å². The summed E-state index contributed by atoms with van der Waals surface area (Å²) < 4.78 is 20.2. The summed E-state index contributed by atoms with van der Waals surface area (Å²) in [7, 11) is 1.65. The molecule has 0 saturated heterocycles. The van der Waals surface area contributed by atoms with E-state index in [1.54, 1.807) is 18.0 Å². The van der Waals surface area contributed by atoms with E-state index in [0.717, 1.165) is 17.0 Å². The molecule has 0 fully saturated rings. The van der Waals surface area contributed by atoms with E-state index >= 15 is 0 Å². The molecule has 0 aliphatic heterocycles. The van der Waals surface area contributed by atoms with Crippen LogP contribution in [0.3, 0.4) is 0 Å². The van der Waals surface area contributed by atoms with Gasteiger partial charge in [-0.15, -0.1) is 0 Å². The van der Waals surface area contributed by atoms with E-state index in [1.165, 1.54) is 12.1 Å². The molecule has 2 rings (SSSR count). The number of benzene rings is 1. The number of nitrogens with zero attached hydrogens (tertiary/aromatic N) is 2. The zero-order valence-corrected chi connectivity index (χ0v) is 15.1. The lowest BCUT2D eigenvalue weighted by molar-refractivity contribution is -0.143. The van der Waals surface area contributed by atoms with Crippen LogP contribution in [0.2, 0.25) is 0 Å². The summed E-state index contributed by atoms with van der Waals surface area (Å²) in [5.74, 6) is -1.49. The van der Waals surface area contributed by atoms with E-state index in [-0.39, 0.29) is 17.4 Å². The summed E-state index contributed by atoms with van der Waals surface area (Å²) in [4.78, 5) is 13.5. The van der Waals surface area contributed by atoms with Crippen LogP contribution in [0.1, 0.15) is 42.4 Å². The molecule has 0 saturated carbocycles. The number of likely N-dealkylation sites (N-methyl/N-ethyl adjacent to an activating group) is 1. The molecule has 0 aliphatic rings. The first-order valence-corrected chi connectivity index (χ1v) is 8.11. The van der Waals surface area contributed by atoms with Crippen molar-refractivity contribution in [3.8, 4) is 5.75 Å². The quantitative estimate of drug-likeness (QED) is 0.802. The van der Waals surface area contributed by atoms with Gasteiger partial charge in [-0.2, -0.15) is 5.10 Å². The van der Waals surface area contributed by atoms with E-state index in [1.807, 2.05) is 27.7 Å². The number of carboxylic acids is 1. The molecule has 0 radical (unpaired) electrons. The number of aromatic amines is 1. The lowest BCUT2D eigenvalue weighted by atomic mass is 10.0. The number of rotatable bonds is 7. The Bertz CT molecular complexity index is 739. The summed E-state index contributed by atoms with van der Waals surface area (Å²) in [6, 6.07) is 3.18. The number of aliphatic carboxylic acids is 1. The Kier molecular flexibility index (Phi) is 5.79. The number of ether oxygens (including phenoxy) is 1. The second-order valence-electron chi connectivity index (χ2n) is 6.39. The van der Waals surface area contributed by atoms with Crippen molar-refractivity contribution in [2.24, 2.45) is 0 Å². The number of carbonyl (C=O) groups is 1. The van der Waals surface area contributed by atoms with Gasteiger partial charge in [-0.05, 0) is 46.9 Å². The van der Waals surface area contributed by atoms with Crippen molar-refractivity contribution in [2.45, 2.75) is 46.4 Å². The Balaban J connectivity index is 2.43. The average Bonchev–Trinajstić information content (AvgIpc) is 2.81. The van der Waals surface area contributed by atoms with Gasteiger partial charge in [0.1, 0.15) is 17.6 Å². The number of hydrogen-bond acceptors (Lipinski definition) is 4. The van der Waals surface area contributed by atoms with Gasteiger partial charge in [0.15, 0.2) is 0 Å². The van der Waals surface area contributed by atoms with Crippen molar-refractivity contribution in [1.29, 1.82) is 0 Å². The second-order valence-corrected chi connectivity index (χ2v) is 6.39. The van der Waals surface area contributed by atoms with Gasteiger partial charge in [0.05, 0.1) is 17.4 Å². The summed E-state index contributed by atoms with van der Waals surface area (Å²) in [5, 5.41) is 16.8. The fraction of sp³-hybridized carbons (Fsp3) is 0.444. The minimum atomic E-state index is -1.18. The molecule has 2 N–H and O–H groups in total. The molecule has 0 aliphatic carbocycles. The van der Waals surface area contributed by atoms with Crippen molar-refractivity contribution in [3.63, 3.8) is 0 Å². The molecule has 25 heavy (non-hydrogen) atoms. The predicted octanol–water partition coefficient (Wildman–Crippen LogP) is 3.21. The highest BCUT2D eigenvalue weighted by atomic mass is 19.1. The summed E-state index contributed by atoms with van der Waals surface area (Å²) >= 11 is 0. The Labute approximate surface area is 146 Å². The summed E-state index contributed by atoms with van der Waals surface area (Å²) in [6.45, 7) is 7.66. The molecule has 136 valence electrons. The van der Waals surface area contributed by atoms with Crippen LogP contribution in [0.5, 0.6) is 5.75 Å². The third-order valence-corrected chi connectivity index (χ3v) is 4.01. The van der Waals surface area contributed by atoms with Crippen LogP contribution >= 0.6 is 0 Å². The number of aryl methyl sites for hydroxylation is 2. The van der Waals surface area contributed by atoms with Crippen molar-refractivity contribution < 1.29 is 19.0 Å². The number of carboxylic acid groups (broad SMARTS) is 1. The van der Waals surface area contributed by atoms with E-state index < -0.39 is 17.8 Å². The first kappa shape index (κ1) is 18.9. The molecule has 0 unspecified atom stereocenters. The molecule has 1 heterocycles. The molecule has 1 aromatic carbocycles. The van der Waals surface area contributed by atoms with E-state index in [2.05, 4.69) is 10.2 Å². The van der Waals surface area contributed by atoms with Crippen LogP contribution in [0.25, 0.3) is 0 Å². The number of H-pyrrole nitrogens is 1. The zero-order valence-electron chi connectivity index (χ0n) is 15.1. The maximum atomic E-state index is 14.5. The van der Waals surface area contributed by atoms with Crippen LogP contribution in [0, 0.1) is 19.7 Å². The van der Waals surface area contributed by atoms with E-state index in [4.69, 9.17) is 4.74 Å². The third kappa shape index (κ3) is 4.17. The van der Waals surface area contributed by atoms with Crippen LogP contribution in [-0.4, -0.2) is 39.3 Å². The lowest BCUT2D eigenvalue weighted by Gasteiger charge is -2.27. The number of hydrogen-bond donors (Lipinski definition) is 2. The topological polar surface area (TPSA) is 78.5 Å². The zero-order chi connectivity index (χ0) is 18.7. The maximum absolute atomic E-state index is 14.5. The lowest BCUT2D eigenvalue weighted by Crippen LogP contribution is -2.32. The highest BCUT2D eigenvalue weighted by molar-refractivity contribution is 5.77. The smallest absolute Gasteiger partial charge is 0.325 e. The van der Waals surface area contributed by atoms with E-state index in [9.17, 15) is 14.3 Å². The standard InChI is InChI=1S/C18H24FN3O3/c1-10(2)25-15-8-6-7-14(19)16(15)17(18(23)24)22(5)9-13-11(3)20-21-12(13)4/h6-8,10,17H,9H2,1-5H3,(H,20,21)(H,23,24)/t17-/m0/s1. The maximum Gasteiger partial charge on any atom is 0.325 e. The third-order valence-electron chi connectivity index (χ3n) is 4.01. The van der Waals surface area contributed by atoms with Crippen molar-refractivity contribution in [1.82, 2.24) is 15.1 Å². The fourth-order valence-corrected chi connectivity index (χ4v) is 2.82. The van der Waals surface area contributed by atoms with Gasteiger partial charge in [0.2, 0.25) is 0 Å². The molecule has 0 amide bonds. The van der Waals surface area contributed by atoms with Crippen LogP contribution in [-0.2, 0) is 11.3 Å². The van der Waals surface area contributed by atoms with Crippen molar-refractivity contribution >= 4 is 5.97 Å².